The van der Waals surface area contributed by atoms with Crippen molar-refractivity contribution in [3.63, 3.8) is 0 Å². The SMILES string of the molecule is C.C.CNC(=O)Nc1ccc2c(c1)CC[C@@]21OC(=O)N(CC(=O)N2[C@@H](C3CC3)CC[C@H]2c2ccc(F)cc2)C1=O.CNC(=O)Nc1ccc2c(c1)CC[C@@]21OC(=O)N(CC(=O)O)C1=O.Fc1ccc([C@@H]2CC[C@H](C3CC3)N2)cc1. The average Bonchev–Trinajstić information content (AvgIpc) is 4.39. The van der Waals surface area contributed by atoms with Gasteiger partial charge in [0.05, 0.1) is 6.04 Å². The van der Waals surface area contributed by atoms with Gasteiger partial charge in [-0.3, -0.25) is 19.2 Å². The molecule has 2 saturated carbocycles. The number of carboxylic acid groups (broad SMARTS) is 1. The van der Waals surface area contributed by atoms with Gasteiger partial charge in [-0.1, -0.05) is 51.3 Å². The quantitative estimate of drug-likeness (QED) is 0.0873. The predicted molar refractivity (Wildman–Crippen MR) is 286 cm³/mol. The number of carbonyl (C=O) groups excluding carboxylic acids is 7. The van der Waals surface area contributed by atoms with Crippen molar-refractivity contribution >= 4 is 59.3 Å². The lowest BCUT2D eigenvalue weighted by Crippen LogP contribution is -2.47. The Kier molecular flexibility index (Phi) is 16.8. The number of carboxylic acids is 1. The fourth-order valence-corrected chi connectivity index (χ4v) is 12.0. The lowest BCUT2D eigenvalue weighted by Gasteiger charge is -2.32. The summed E-state index contributed by atoms with van der Waals surface area (Å²) in [5.41, 5.74) is 2.94. The number of nitrogens with one attached hydrogen (secondary N) is 5. The molecule has 19 nitrogen and oxygen atoms in total. The van der Waals surface area contributed by atoms with Gasteiger partial charge in [-0.15, -0.1) is 0 Å². The number of imide groups is 2. The molecule has 2 spiro atoms. The number of rotatable bonds is 10. The van der Waals surface area contributed by atoms with Crippen molar-refractivity contribution in [2.24, 2.45) is 11.8 Å². The largest absolute Gasteiger partial charge is 0.480 e. The molecule has 9 amide bonds. The molecule has 420 valence electrons. The Morgan fingerprint density at radius 2 is 1.10 bits per heavy atom. The van der Waals surface area contributed by atoms with Crippen LogP contribution < -0.4 is 26.6 Å². The van der Waals surface area contributed by atoms with Crippen LogP contribution in [0.4, 0.5) is 39.3 Å². The highest BCUT2D eigenvalue weighted by molar-refractivity contribution is 6.07. The van der Waals surface area contributed by atoms with Crippen molar-refractivity contribution in [2.45, 2.75) is 127 Å². The van der Waals surface area contributed by atoms with Crippen molar-refractivity contribution in [3.05, 3.63) is 130 Å². The van der Waals surface area contributed by atoms with Crippen LogP contribution in [0.15, 0.2) is 84.9 Å². The highest BCUT2D eigenvalue weighted by atomic mass is 19.1. The number of likely N-dealkylation sites (tertiary alicyclic amines) is 1. The molecule has 12 rings (SSSR count). The normalized spacial score (nSPS) is 24.9. The molecule has 4 aliphatic heterocycles. The van der Waals surface area contributed by atoms with Gasteiger partial charge >= 0.3 is 30.2 Å². The number of hydrogen-bond donors (Lipinski definition) is 6. The number of ether oxygens (including phenoxy) is 2. The van der Waals surface area contributed by atoms with Crippen molar-refractivity contribution in [2.75, 3.05) is 37.8 Å². The minimum Gasteiger partial charge on any atom is -0.480 e. The molecular weight excluding hydrogens is 1020 g/mol. The van der Waals surface area contributed by atoms with Crippen LogP contribution >= 0.6 is 0 Å². The van der Waals surface area contributed by atoms with Crippen LogP contribution in [0.3, 0.4) is 0 Å². The van der Waals surface area contributed by atoms with Gasteiger partial charge in [-0.05, 0) is 147 Å². The number of amides is 9. The first-order chi connectivity index (χ1) is 37.0. The molecule has 8 aliphatic rings. The first-order valence-electron chi connectivity index (χ1n) is 26.1. The number of anilines is 2. The zero-order chi connectivity index (χ0) is 54.3. The minimum atomic E-state index is -1.46. The van der Waals surface area contributed by atoms with Crippen LogP contribution in [-0.4, -0.2) is 107 Å². The molecule has 0 radical (unpaired) electrons. The van der Waals surface area contributed by atoms with Crippen molar-refractivity contribution in [1.82, 2.24) is 30.7 Å². The Hall–Kier alpha value is -7.94. The van der Waals surface area contributed by atoms with Crippen LogP contribution in [-0.2, 0) is 52.7 Å². The number of aryl methyl sites for hydroxylation is 2. The Morgan fingerprint density at radius 1 is 0.620 bits per heavy atom. The fraction of sp³-hybridized carbons (Fsp3) is 0.448. The number of hydrogen-bond acceptors (Lipinski definition) is 11. The number of benzene rings is 4. The molecule has 6 fully saturated rings. The van der Waals surface area contributed by atoms with Crippen LogP contribution in [0.2, 0.25) is 0 Å². The summed E-state index contributed by atoms with van der Waals surface area (Å²) in [6.07, 6.45) is 8.65. The number of urea groups is 2. The standard InChI is InChI=1S/C28H29FN4O5.C15H15N3O6.C13H16FN.2CH4/c1-30-26(36)31-20-8-9-21-18(14-20)12-13-28(21)25(35)32(27(37)38-28)15-24(34)33-22(16-2-3-16)10-11-23(33)17-4-6-19(29)7-5-17;1-16-13(22)17-9-2-3-10-8(6-9)4-5-15(10)12(21)18(7-11(19)20)14(23)24-15;14-11-5-3-10(4-6-11)13-8-7-12(15-13)9-1-2-9;;/h4-9,14,16,22-23H,2-3,10-13,15H2,1H3,(H2,30,31,36);2-3,6H,4-5,7H2,1H3,(H,19,20)(H2,16,17,22);3-6,9,12-13,15H,1-2,7-8H2;2*1H4/t22-,23+,28-;15-;12-,13+;;/m111../s1. The zero-order valence-electron chi connectivity index (χ0n) is 42.6. The highest BCUT2D eigenvalue weighted by Gasteiger charge is 2.60. The molecule has 4 aromatic rings. The molecule has 4 heterocycles. The summed E-state index contributed by atoms with van der Waals surface area (Å²) in [6, 6.07) is 23.4. The van der Waals surface area contributed by atoms with Gasteiger partial charge in [0.25, 0.3) is 11.8 Å². The summed E-state index contributed by atoms with van der Waals surface area (Å²) in [6.45, 7) is -1.13. The second-order valence-corrected chi connectivity index (χ2v) is 20.9. The minimum absolute atomic E-state index is 0. The second-order valence-electron chi connectivity index (χ2n) is 20.9. The lowest BCUT2D eigenvalue weighted by molar-refractivity contribution is -0.144. The molecule has 0 bridgehead atoms. The summed E-state index contributed by atoms with van der Waals surface area (Å²) in [7, 11) is 3.01. The van der Waals surface area contributed by atoms with E-state index in [0.29, 0.717) is 52.2 Å². The van der Waals surface area contributed by atoms with E-state index < -0.39 is 54.3 Å². The highest BCUT2D eigenvalue weighted by Crippen LogP contribution is 2.50. The number of nitrogens with zero attached hydrogens (tertiary/aromatic N) is 3. The summed E-state index contributed by atoms with van der Waals surface area (Å²) in [5.74, 6) is -1.95. The first kappa shape index (κ1) is 57.2. The van der Waals surface area contributed by atoms with E-state index in [1.165, 1.54) is 57.5 Å². The Balaban J connectivity index is 0.000000171. The van der Waals surface area contributed by atoms with Gasteiger partial charge in [-0.2, -0.15) is 0 Å². The smallest absolute Gasteiger partial charge is 0.418 e. The molecule has 4 aromatic carbocycles. The number of carbonyl (C=O) groups is 8. The molecule has 79 heavy (non-hydrogen) atoms. The molecule has 6 N–H and O–H groups in total. The third-order valence-electron chi connectivity index (χ3n) is 16.1. The lowest BCUT2D eigenvalue weighted by atomic mass is 9.94. The Morgan fingerprint density at radius 3 is 1.57 bits per heavy atom. The summed E-state index contributed by atoms with van der Waals surface area (Å²) in [4.78, 5) is 102. The van der Waals surface area contributed by atoms with Crippen LogP contribution in [0.1, 0.15) is 125 Å². The Bertz CT molecular complexity index is 3030. The molecule has 6 atom stereocenters. The molecule has 21 heteroatoms. The van der Waals surface area contributed by atoms with E-state index >= 15 is 0 Å². The van der Waals surface area contributed by atoms with Gasteiger partial charge in [-0.25, -0.2) is 37.8 Å². The molecule has 4 aliphatic carbocycles. The van der Waals surface area contributed by atoms with Crippen molar-refractivity contribution < 1.29 is 61.7 Å². The van der Waals surface area contributed by atoms with E-state index in [4.69, 9.17) is 14.6 Å². The van der Waals surface area contributed by atoms with E-state index in [2.05, 4.69) is 26.6 Å². The predicted octanol–water partition coefficient (Wildman–Crippen LogP) is 8.78. The van der Waals surface area contributed by atoms with Gasteiger partial charge in [0.1, 0.15) is 24.7 Å². The Labute approximate surface area is 457 Å². The molecular formula is C58H68F2N8O11. The maximum atomic E-state index is 13.7. The van der Waals surface area contributed by atoms with Gasteiger partial charge in [0.2, 0.25) is 17.1 Å². The zero-order valence-corrected chi connectivity index (χ0v) is 42.6. The number of halogens is 2. The van der Waals surface area contributed by atoms with E-state index in [-0.39, 0.29) is 69.4 Å². The van der Waals surface area contributed by atoms with Crippen LogP contribution in [0, 0.1) is 23.5 Å². The molecule has 0 unspecified atom stereocenters. The van der Waals surface area contributed by atoms with Gasteiger partial charge in [0.15, 0.2) is 0 Å². The third kappa shape index (κ3) is 11.5. The average molecular weight is 1090 g/mol. The van der Waals surface area contributed by atoms with Crippen LogP contribution in [0.25, 0.3) is 0 Å². The monoisotopic (exact) mass is 1090 g/mol. The third-order valence-corrected chi connectivity index (χ3v) is 16.1. The van der Waals surface area contributed by atoms with E-state index in [1.54, 1.807) is 60.7 Å². The topological polar surface area (TPSA) is 245 Å². The number of fused-ring (bicyclic) bond motifs is 4. The first-order valence-corrected chi connectivity index (χ1v) is 26.1. The van der Waals surface area contributed by atoms with Crippen LogP contribution in [0.5, 0.6) is 0 Å². The summed E-state index contributed by atoms with van der Waals surface area (Å²) >= 11 is 0. The fourth-order valence-electron chi connectivity index (χ4n) is 12.0. The molecule has 4 saturated heterocycles. The van der Waals surface area contributed by atoms with Gasteiger partial charge in [0, 0.05) is 67.6 Å². The van der Waals surface area contributed by atoms with Crippen molar-refractivity contribution in [3.8, 4) is 0 Å². The summed E-state index contributed by atoms with van der Waals surface area (Å²) in [5, 5.41) is 22.7. The summed E-state index contributed by atoms with van der Waals surface area (Å²) < 4.78 is 37.3. The van der Waals surface area contributed by atoms with E-state index in [0.717, 1.165) is 59.2 Å². The van der Waals surface area contributed by atoms with Crippen molar-refractivity contribution in [1.29, 1.82) is 0 Å². The van der Waals surface area contributed by atoms with Gasteiger partial charge < -0.3 is 46.1 Å². The van der Waals surface area contributed by atoms with E-state index in [9.17, 15) is 47.1 Å². The number of aliphatic carboxylic acids is 1. The maximum Gasteiger partial charge on any atom is 0.418 e. The molecule has 0 aromatic heterocycles. The second kappa shape index (κ2) is 23.2. The van der Waals surface area contributed by atoms with E-state index in [1.807, 2.05) is 17.0 Å². The maximum absolute atomic E-state index is 13.7.